The first-order valence-electron chi connectivity index (χ1n) is 6.98. The Hall–Kier alpha value is -2.96. The van der Waals surface area contributed by atoms with Crippen LogP contribution in [0.4, 0.5) is 0 Å². The highest BCUT2D eigenvalue weighted by Crippen LogP contribution is 2.26. The van der Waals surface area contributed by atoms with Crippen LogP contribution in [0.2, 0.25) is 0 Å². The molecule has 0 aliphatic carbocycles. The van der Waals surface area contributed by atoms with Gasteiger partial charge in [-0.25, -0.2) is 9.97 Å². The first-order chi connectivity index (χ1) is 10.8. The molecule has 22 heavy (non-hydrogen) atoms. The molecule has 1 aliphatic rings. The molecule has 0 atom stereocenters. The molecule has 1 aliphatic heterocycles. The van der Waals surface area contributed by atoms with Crippen molar-refractivity contribution in [1.82, 2.24) is 24.8 Å². The van der Waals surface area contributed by atoms with E-state index in [2.05, 4.69) is 19.9 Å². The third kappa shape index (κ3) is 2.16. The van der Waals surface area contributed by atoms with E-state index < -0.39 is 0 Å². The fourth-order valence-electron chi connectivity index (χ4n) is 2.53. The number of H-pyrrole nitrogens is 1. The topological polar surface area (TPSA) is 87.9 Å². The predicted octanol–water partition coefficient (Wildman–Crippen LogP) is 1.66. The summed E-state index contributed by atoms with van der Waals surface area (Å²) >= 11 is 0. The van der Waals surface area contributed by atoms with Crippen LogP contribution >= 0.6 is 0 Å². The monoisotopic (exact) mass is 295 g/mol. The van der Waals surface area contributed by atoms with Gasteiger partial charge in [-0.15, -0.1) is 0 Å². The lowest BCUT2D eigenvalue weighted by atomic mass is 10.1. The normalized spacial score (nSPS) is 13.9. The van der Waals surface area contributed by atoms with Gasteiger partial charge in [0.2, 0.25) is 5.89 Å². The van der Waals surface area contributed by atoms with Gasteiger partial charge in [-0.2, -0.15) is 0 Å². The summed E-state index contributed by atoms with van der Waals surface area (Å²) in [5.74, 6) is 1.32. The summed E-state index contributed by atoms with van der Waals surface area (Å²) in [4.78, 5) is 29.4. The van der Waals surface area contributed by atoms with Crippen molar-refractivity contribution < 1.29 is 9.21 Å². The number of fused-ring (bicyclic) bond motifs is 1. The van der Waals surface area contributed by atoms with E-state index >= 15 is 0 Å². The smallest absolute Gasteiger partial charge is 0.272 e. The summed E-state index contributed by atoms with van der Waals surface area (Å²) < 4.78 is 5.80. The second-order valence-electron chi connectivity index (χ2n) is 5.07. The van der Waals surface area contributed by atoms with Crippen LogP contribution in [0.1, 0.15) is 21.9 Å². The van der Waals surface area contributed by atoms with Crippen molar-refractivity contribution in [3.63, 3.8) is 0 Å². The van der Waals surface area contributed by atoms with Crippen LogP contribution in [0.15, 0.2) is 41.5 Å². The van der Waals surface area contributed by atoms with Crippen LogP contribution in [-0.4, -0.2) is 37.3 Å². The molecule has 7 nitrogen and oxygen atoms in total. The number of hydrogen-bond donors (Lipinski definition) is 1. The van der Waals surface area contributed by atoms with Crippen molar-refractivity contribution >= 4 is 5.91 Å². The van der Waals surface area contributed by atoms with E-state index in [0.717, 1.165) is 17.0 Å². The number of rotatable bonds is 2. The van der Waals surface area contributed by atoms with Crippen LogP contribution in [-0.2, 0) is 13.0 Å². The van der Waals surface area contributed by atoms with E-state index in [1.54, 1.807) is 17.3 Å². The number of carbonyl (C=O) groups is 1. The van der Waals surface area contributed by atoms with Gasteiger partial charge < -0.3 is 14.3 Å². The molecule has 0 fully saturated rings. The third-order valence-electron chi connectivity index (χ3n) is 3.65. The van der Waals surface area contributed by atoms with Crippen molar-refractivity contribution in [3.05, 3.63) is 54.2 Å². The van der Waals surface area contributed by atoms with E-state index in [0.29, 0.717) is 31.1 Å². The average Bonchev–Trinajstić information content (AvgIpc) is 3.23. The van der Waals surface area contributed by atoms with Gasteiger partial charge in [0.15, 0.2) is 0 Å². The van der Waals surface area contributed by atoms with Crippen LogP contribution in [0.3, 0.4) is 0 Å². The summed E-state index contributed by atoms with van der Waals surface area (Å²) in [6, 6.07) is 3.74. The molecule has 110 valence electrons. The average molecular weight is 295 g/mol. The lowest BCUT2D eigenvalue weighted by molar-refractivity contribution is 0.0722. The minimum atomic E-state index is -0.0749. The Labute approximate surface area is 126 Å². The fraction of sp³-hybridized carbons (Fsp3) is 0.200. The number of aromatic amines is 1. The van der Waals surface area contributed by atoms with Gasteiger partial charge >= 0.3 is 0 Å². The Morgan fingerprint density at radius 3 is 3.05 bits per heavy atom. The summed E-state index contributed by atoms with van der Waals surface area (Å²) in [7, 11) is 0. The first-order valence-corrected chi connectivity index (χ1v) is 6.98. The van der Waals surface area contributed by atoms with Gasteiger partial charge in [0.25, 0.3) is 5.91 Å². The zero-order valence-electron chi connectivity index (χ0n) is 11.7. The molecule has 3 aromatic heterocycles. The van der Waals surface area contributed by atoms with Gasteiger partial charge in [-0.3, -0.25) is 9.78 Å². The van der Waals surface area contributed by atoms with Gasteiger partial charge in [-0.05, 0) is 12.1 Å². The van der Waals surface area contributed by atoms with Crippen molar-refractivity contribution in [1.29, 1.82) is 0 Å². The molecule has 0 bridgehead atoms. The molecular formula is C15H13N5O2. The summed E-state index contributed by atoms with van der Waals surface area (Å²) in [6.07, 6.45) is 7.10. The molecule has 0 aromatic carbocycles. The fourth-order valence-corrected chi connectivity index (χ4v) is 2.53. The predicted molar refractivity (Wildman–Crippen MR) is 76.8 cm³/mol. The standard InChI is InChI=1S/C15H13N5O2/c21-15(11-7-17-9-18-11)20-5-3-13-12(8-20)19-14(22-13)10-2-1-4-16-6-10/h1-2,4,6-7,9H,3,5,8H2,(H,17,18). The summed E-state index contributed by atoms with van der Waals surface area (Å²) in [5, 5.41) is 0. The number of carbonyl (C=O) groups excluding carboxylic acids is 1. The maximum Gasteiger partial charge on any atom is 0.272 e. The highest BCUT2D eigenvalue weighted by molar-refractivity contribution is 5.92. The van der Waals surface area contributed by atoms with Crippen molar-refractivity contribution in [3.8, 4) is 11.5 Å². The van der Waals surface area contributed by atoms with Gasteiger partial charge in [0, 0.05) is 25.4 Å². The Morgan fingerprint density at radius 1 is 1.32 bits per heavy atom. The number of imidazole rings is 1. The zero-order valence-corrected chi connectivity index (χ0v) is 11.7. The van der Waals surface area contributed by atoms with Crippen LogP contribution in [0, 0.1) is 0 Å². The Balaban J connectivity index is 1.59. The van der Waals surface area contributed by atoms with Crippen LogP contribution in [0.25, 0.3) is 11.5 Å². The second kappa shape index (κ2) is 5.10. The maximum absolute atomic E-state index is 12.3. The molecule has 0 radical (unpaired) electrons. The SMILES string of the molecule is O=C(c1cnc[nH]1)N1CCc2oc(-c3cccnc3)nc2C1. The van der Waals surface area contributed by atoms with Gasteiger partial charge in [-0.1, -0.05) is 0 Å². The lowest BCUT2D eigenvalue weighted by Crippen LogP contribution is -2.36. The highest BCUT2D eigenvalue weighted by Gasteiger charge is 2.27. The summed E-state index contributed by atoms with van der Waals surface area (Å²) in [5.41, 5.74) is 2.13. The van der Waals surface area contributed by atoms with Crippen LogP contribution in [0.5, 0.6) is 0 Å². The lowest BCUT2D eigenvalue weighted by Gasteiger charge is -2.24. The molecular weight excluding hydrogens is 282 g/mol. The molecule has 4 heterocycles. The number of amides is 1. The largest absolute Gasteiger partial charge is 0.441 e. The van der Waals surface area contributed by atoms with Gasteiger partial charge in [0.1, 0.15) is 17.1 Å². The quantitative estimate of drug-likeness (QED) is 0.776. The Bertz CT molecular complexity index is 795. The molecule has 1 N–H and O–H groups in total. The van der Waals surface area contributed by atoms with E-state index in [4.69, 9.17) is 4.42 Å². The first kappa shape index (κ1) is 12.8. The summed E-state index contributed by atoms with van der Waals surface area (Å²) in [6.45, 7) is 1.05. The molecule has 1 amide bonds. The number of nitrogens with zero attached hydrogens (tertiary/aromatic N) is 4. The second-order valence-corrected chi connectivity index (χ2v) is 5.07. The molecule has 4 rings (SSSR count). The van der Waals surface area contributed by atoms with E-state index in [1.165, 1.54) is 12.5 Å². The third-order valence-corrected chi connectivity index (χ3v) is 3.65. The Morgan fingerprint density at radius 2 is 2.27 bits per heavy atom. The minimum absolute atomic E-state index is 0.0749. The highest BCUT2D eigenvalue weighted by atomic mass is 16.4. The van der Waals surface area contributed by atoms with Crippen LogP contribution < -0.4 is 0 Å². The van der Waals surface area contributed by atoms with Crippen molar-refractivity contribution in [2.45, 2.75) is 13.0 Å². The van der Waals surface area contributed by atoms with Gasteiger partial charge in [0.05, 0.1) is 24.6 Å². The van der Waals surface area contributed by atoms with Crippen molar-refractivity contribution in [2.24, 2.45) is 0 Å². The minimum Gasteiger partial charge on any atom is -0.441 e. The number of hydrogen-bond acceptors (Lipinski definition) is 5. The molecule has 0 spiro atoms. The van der Waals surface area contributed by atoms with Crippen molar-refractivity contribution in [2.75, 3.05) is 6.54 Å². The number of pyridine rings is 1. The maximum atomic E-state index is 12.3. The van der Waals surface area contributed by atoms with E-state index in [1.807, 2.05) is 12.1 Å². The molecule has 0 saturated carbocycles. The number of nitrogens with one attached hydrogen (secondary N) is 1. The molecule has 7 heteroatoms. The molecule has 0 saturated heterocycles. The van der Waals surface area contributed by atoms with E-state index in [9.17, 15) is 4.79 Å². The number of aromatic nitrogens is 4. The Kier molecular flexibility index (Phi) is 2.96. The zero-order chi connectivity index (χ0) is 14.9. The van der Waals surface area contributed by atoms with E-state index in [-0.39, 0.29) is 5.91 Å². The molecule has 3 aromatic rings. The number of oxazole rings is 1. The molecule has 0 unspecified atom stereocenters.